The molecule has 41 heavy (non-hydrogen) atoms. The third-order valence-electron chi connectivity index (χ3n) is 7.01. The Balaban J connectivity index is 1.56. The summed E-state index contributed by atoms with van der Waals surface area (Å²) >= 11 is 1.30. The van der Waals surface area contributed by atoms with Crippen LogP contribution in [0.25, 0.3) is 23.0 Å². The molecule has 0 radical (unpaired) electrons. The minimum absolute atomic E-state index is 0.222. The van der Waals surface area contributed by atoms with Crippen LogP contribution >= 0.6 is 11.3 Å². The van der Waals surface area contributed by atoms with Gasteiger partial charge in [0.15, 0.2) is 4.80 Å². The van der Waals surface area contributed by atoms with E-state index in [0.29, 0.717) is 20.6 Å². The van der Waals surface area contributed by atoms with Crippen LogP contribution in [0.5, 0.6) is 0 Å². The monoisotopic (exact) mass is 560 g/mol. The molecule has 5 aromatic rings. The number of hydrogen-bond donors (Lipinski definition) is 0. The van der Waals surface area contributed by atoms with Gasteiger partial charge >= 0.3 is 5.97 Å². The van der Waals surface area contributed by atoms with E-state index in [2.05, 4.69) is 0 Å². The molecule has 0 bridgehead atoms. The molecule has 1 aliphatic rings. The molecule has 1 unspecified atom stereocenters. The molecule has 2 aromatic heterocycles. The fraction of sp³-hybridized carbons (Fsp3) is 0.152. The largest absolute Gasteiger partial charge is 0.463 e. The average molecular weight is 561 g/mol. The molecule has 0 saturated heterocycles. The summed E-state index contributed by atoms with van der Waals surface area (Å²) in [6.07, 6.45) is 3.80. The number of allylic oxidation sites excluding steroid dienone is 1. The molecule has 0 fully saturated rings. The molecular weight excluding hydrogens is 532 g/mol. The van der Waals surface area contributed by atoms with Gasteiger partial charge in [-0.25, -0.2) is 14.5 Å². The Morgan fingerprint density at radius 3 is 2.34 bits per heavy atom. The third-order valence-corrected chi connectivity index (χ3v) is 7.99. The maximum atomic E-state index is 14.1. The van der Waals surface area contributed by atoms with Gasteiger partial charge in [0.1, 0.15) is 0 Å². The van der Waals surface area contributed by atoms with Crippen molar-refractivity contribution in [1.29, 1.82) is 0 Å². The number of benzene rings is 3. The number of aryl methyl sites for hydroxylation is 1. The number of aromatic nitrogens is 3. The second kappa shape index (κ2) is 11.0. The molecule has 204 valence electrons. The number of thiazole rings is 1. The quantitative estimate of drug-likeness (QED) is 0.275. The predicted octanol–water partition coefficient (Wildman–Crippen LogP) is 4.96. The van der Waals surface area contributed by atoms with Gasteiger partial charge < -0.3 is 4.74 Å². The normalized spacial score (nSPS) is 15.0. The van der Waals surface area contributed by atoms with E-state index in [4.69, 9.17) is 14.8 Å². The third kappa shape index (κ3) is 4.98. The number of fused-ring (bicyclic) bond motifs is 1. The van der Waals surface area contributed by atoms with Gasteiger partial charge in [0.2, 0.25) is 0 Å². The van der Waals surface area contributed by atoms with E-state index in [-0.39, 0.29) is 12.2 Å². The van der Waals surface area contributed by atoms with Crippen molar-refractivity contribution in [3.63, 3.8) is 0 Å². The van der Waals surface area contributed by atoms with E-state index >= 15 is 0 Å². The molecule has 0 aliphatic carbocycles. The number of rotatable bonds is 6. The van der Waals surface area contributed by atoms with Crippen LogP contribution in [-0.4, -0.2) is 26.9 Å². The van der Waals surface area contributed by atoms with Crippen LogP contribution in [0.2, 0.25) is 0 Å². The first-order valence-electron chi connectivity index (χ1n) is 13.4. The van der Waals surface area contributed by atoms with Crippen LogP contribution < -0.4 is 14.9 Å². The van der Waals surface area contributed by atoms with Crippen LogP contribution in [0.1, 0.15) is 36.6 Å². The lowest BCUT2D eigenvalue weighted by molar-refractivity contribution is -0.139. The maximum Gasteiger partial charge on any atom is 0.338 e. The number of para-hydroxylation sites is 1. The molecule has 0 amide bonds. The molecule has 7 nitrogen and oxygen atoms in total. The van der Waals surface area contributed by atoms with Crippen LogP contribution in [0.4, 0.5) is 0 Å². The van der Waals surface area contributed by atoms with Crippen LogP contribution in [0.3, 0.4) is 0 Å². The van der Waals surface area contributed by atoms with E-state index in [1.54, 1.807) is 18.4 Å². The molecule has 1 aliphatic heterocycles. The summed E-state index contributed by atoms with van der Waals surface area (Å²) in [7, 11) is 0. The van der Waals surface area contributed by atoms with E-state index < -0.39 is 12.0 Å². The Morgan fingerprint density at radius 1 is 0.976 bits per heavy atom. The molecule has 0 N–H and O–H groups in total. The first kappa shape index (κ1) is 26.4. The summed E-state index contributed by atoms with van der Waals surface area (Å²) < 4.78 is 9.35. The molecule has 0 spiro atoms. The molecule has 1 atom stereocenters. The molecular formula is C33H28N4O3S. The van der Waals surface area contributed by atoms with Crippen molar-refractivity contribution in [2.24, 2.45) is 4.99 Å². The number of carbonyl (C=O) groups is 1. The molecule has 3 aromatic carbocycles. The summed E-state index contributed by atoms with van der Waals surface area (Å²) in [6.45, 7) is 5.79. The topological polar surface area (TPSA) is 78.5 Å². The van der Waals surface area contributed by atoms with E-state index in [1.165, 1.54) is 11.3 Å². The number of hydrogen-bond acceptors (Lipinski definition) is 6. The Hall–Kier alpha value is -4.82. The Labute approximate surface area is 241 Å². The number of carbonyl (C=O) groups excluding carboxylic acids is 1. The van der Waals surface area contributed by atoms with Gasteiger partial charge in [-0.2, -0.15) is 5.10 Å². The van der Waals surface area contributed by atoms with Crippen LogP contribution in [0, 0.1) is 6.92 Å². The lowest BCUT2D eigenvalue weighted by atomic mass is 9.95. The number of ether oxygens (including phenoxy) is 1. The van der Waals surface area contributed by atoms with Crippen LogP contribution in [-0.2, 0) is 9.53 Å². The summed E-state index contributed by atoms with van der Waals surface area (Å²) in [5.41, 5.74) is 6.03. The number of nitrogens with zero attached hydrogens (tertiary/aromatic N) is 4. The van der Waals surface area contributed by atoms with Crippen molar-refractivity contribution in [3.05, 3.63) is 139 Å². The summed E-state index contributed by atoms with van der Waals surface area (Å²) in [5.74, 6) is -0.468. The van der Waals surface area contributed by atoms with E-state index in [1.807, 2.05) is 109 Å². The summed E-state index contributed by atoms with van der Waals surface area (Å²) in [5, 5.41) is 4.89. The highest BCUT2D eigenvalue weighted by atomic mass is 32.1. The summed E-state index contributed by atoms with van der Waals surface area (Å²) in [6, 6.07) is 27.0. The van der Waals surface area contributed by atoms with Gasteiger partial charge in [0, 0.05) is 17.3 Å². The highest BCUT2D eigenvalue weighted by Gasteiger charge is 2.33. The van der Waals surface area contributed by atoms with Gasteiger partial charge in [-0.3, -0.25) is 9.36 Å². The van der Waals surface area contributed by atoms with Gasteiger partial charge in [0.25, 0.3) is 5.56 Å². The highest BCUT2D eigenvalue weighted by Crippen LogP contribution is 2.31. The SMILES string of the molecule is CCOC(=O)C1=C(C)N=c2s/c(=C\c3cn(-c4ccccc4)nc3-c3ccccc3)c(=O)n2C1c1ccc(C)cc1. The Kier molecular flexibility index (Phi) is 7.07. The van der Waals surface area contributed by atoms with Crippen molar-refractivity contribution < 1.29 is 9.53 Å². The fourth-order valence-corrected chi connectivity index (χ4v) is 6.06. The first-order chi connectivity index (χ1) is 19.9. The van der Waals surface area contributed by atoms with Crippen molar-refractivity contribution in [2.45, 2.75) is 26.8 Å². The Morgan fingerprint density at radius 2 is 1.66 bits per heavy atom. The Bertz CT molecular complexity index is 1950. The first-order valence-corrected chi connectivity index (χ1v) is 14.2. The highest BCUT2D eigenvalue weighted by molar-refractivity contribution is 7.07. The maximum absolute atomic E-state index is 14.1. The second-order valence-electron chi connectivity index (χ2n) is 9.79. The fourth-order valence-electron chi connectivity index (χ4n) is 5.02. The zero-order valence-corrected chi connectivity index (χ0v) is 23.8. The van der Waals surface area contributed by atoms with Gasteiger partial charge in [-0.1, -0.05) is 89.7 Å². The van der Waals surface area contributed by atoms with Gasteiger partial charge in [-0.05, 0) is 44.5 Å². The predicted molar refractivity (Wildman–Crippen MR) is 161 cm³/mol. The number of esters is 1. The molecule has 3 heterocycles. The van der Waals surface area contributed by atoms with Crippen LogP contribution in [0.15, 0.2) is 112 Å². The van der Waals surface area contributed by atoms with Gasteiger partial charge in [0.05, 0.1) is 39.8 Å². The van der Waals surface area contributed by atoms with E-state index in [9.17, 15) is 9.59 Å². The lowest BCUT2D eigenvalue weighted by Crippen LogP contribution is -2.39. The zero-order valence-electron chi connectivity index (χ0n) is 22.9. The second-order valence-corrected chi connectivity index (χ2v) is 10.8. The smallest absolute Gasteiger partial charge is 0.338 e. The minimum atomic E-state index is -0.645. The van der Waals surface area contributed by atoms with Crippen molar-refractivity contribution in [3.8, 4) is 16.9 Å². The minimum Gasteiger partial charge on any atom is -0.463 e. The van der Waals surface area contributed by atoms with Gasteiger partial charge in [-0.15, -0.1) is 0 Å². The van der Waals surface area contributed by atoms with Crippen molar-refractivity contribution in [2.75, 3.05) is 6.61 Å². The molecule has 6 rings (SSSR count). The summed E-state index contributed by atoms with van der Waals surface area (Å²) in [4.78, 5) is 32.5. The van der Waals surface area contributed by atoms with Crippen molar-refractivity contribution >= 4 is 23.4 Å². The lowest BCUT2D eigenvalue weighted by Gasteiger charge is -2.24. The average Bonchev–Trinajstić information content (AvgIpc) is 3.54. The zero-order chi connectivity index (χ0) is 28.5. The van der Waals surface area contributed by atoms with E-state index in [0.717, 1.165) is 33.6 Å². The molecule has 0 saturated carbocycles. The standard InChI is InChI=1S/C33H28N4O3S/c1-4-40-32(39)28-22(3)34-33-37(30(28)24-17-15-21(2)16-18-24)31(38)27(41-33)19-25-20-36(26-13-9-6-10-14-26)35-29(25)23-11-7-5-8-12-23/h5-20,30H,4H2,1-3H3/b27-19-. The molecule has 8 heteroatoms. The van der Waals surface area contributed by atoms with Crippen molar-refractivity contribution in [1.82, 2.24) is 14.3 Å².